The number of anilines is 3. The van der Waals surface area contributed by atoms with Gasteiger partial charge in [-0.15, -0.1) is 11.3 Å². The van der Waals surface area contributed by atoms with E-state index in [-0.39, 0.29) is 72.1 Å². The summed E-state index contributed by atoms with van der Waals surface area (Å²) < 4.78 is 43.3. The van der Waals surface area contributed by atoms with Gasteiger partial charge in [-0.1, -0.05) is 23.7 Å². The molecule has 42 heavy (non-hydrogen) atoms. The summed E-state index contributed by atoms with van der Waals surface area (Å²) in [4.78, 5) is 15.1. The number of hydrogen-bond donors (Lipinski definition) is 3. The van der Waals surface area contributed by atoms with E-state index in [1.807, 2.05) is 17.0 Å². The third-order valence-corrected chi connectivity index (χ3v) is 8.57. The Balaban J connectivity index is 1.68. The van der Waals surface area contributed by atoms with Gasteiger partial charge >= 0.3 is 6.01 Å². The summed E-state index contributed by atoms with van der Waals surface area (Å²) in [6, 6.07) is 7.73. The third-order valence-electron chi connectivity index (χ3n) is 7.18. The van der Waals surface area contributed by atoms with Crippen LogP contribution in [0.4, 0.5) is 25.4 Å². The summed E-state index contributed by atoms with van der Waals surface area (Å²) in [6.07, 6.45) is 1.60. The molecule has 5 aromatic rings. The van der Waals surface area contributed by atoms with E-state index in [1.165, 1.54) is 19.2 Å². The van der Waals surface area contributed by atoms with Crippen LogP contribution in [0, 0.1) is 23.0 Å². The van der Waals surface area contributed by atoms with E-state index in [0.717, 1.165) is 16.9 Å². The second-order valence-electron chi connectivity index (χ2n) is 9.43. The number of nitrogens with one attached hydrogen (secondary N) is 1. The molecular weight excluding hydrogens is 586 g/mol. The first kappa shape index (κ1) is 27.6. The number of rotatable bonds is 6. The van der Waals surface area contributed by atoms with Crippen molar-refractivity contribution in [3.8, 4) is 29.0 Å². The summed E-state index contributed by atoms with van der Waals surface area (Å²) in [5, 5.41) is 13.4. The molecule has 4 heterocycles. The van der Waals surface area contributed by atoms with E-state index in [9.17, 15) is 9.65 Å². The van der Waals surface area contributed by atoms with E-state index in [1.54, 1.807) is 19.3 Å². The zero-order valence-electron chi connectivity index (χ0n) is 22.3. The molecule has 3 aromatic heterocycles. The first-order chi connectivity index (χ1) is 20.3. The fourth-order valence-corrected chi connectivity index (χ4v) is 6.65. The number of ether oxygens (including phenoxy) is 2. The van der Waals surface area contributed by atoms with Crippen molar-refractivity contribution < 1.29 is 18.3 Å². The first-order valence-electron chi connectivity index (χ1n) is 12.7. The zero-order valence-corrected chi connectivity index (χ0v) is 23.9. The molecule has 14 heteroatoms. The van der Waals surface area contributed by atoms with Gasteiger partial charge in [-0.05, 0) is 24.7 Å². The maximum absolute atomic E-state index is 16.8. The van der Waals surface area contributed by atoms with Crippen molar-refractivity contribution in [1.82, 2.24) is 20.3 Å². The Hall–Kier alpha value is -4.51. The highest BCUT2D eigenvalue weighted by molar-refractivity contribution is 7.23. The van der Waals surface area contributed by atoms with E-state index >= 15 is 4.39 Å². The molecule has 0 radical (unpaired) electrons. The topological polar surface area (TPSA) is 148 Å². The summed E-state index contributed by atoms with van der Waals surface area (Å²) in [7, 11) is 3.18. The second kappa shape index (κ2) is 10.7. The highest BCUT2D eigenvalue weighted by atomic mass is 35.5. The van der Waals surface area contributed by atoms with Crippen LogP contribution >= 0.6 is 22.9 Å². The smallest absolute Gasteiger partial charge is 0.318 e. The molecule has 0 aliphatic carbocycles. The molecule has 5 N–H and O–H groups in total. The molecule has 0 saturated carbocycles. The Morgan fingerprint density at radius 1 is 1.26 bits per heavy atom. The number of thiophene rings is 1. The highest BCUT2D eigenvalue weighted by Crippen LogP contribution is 2.51. The van der Waals surface area contributed by atoms with Crippen LogP contribution in [-0.2, 0) is 0 Å². The lowest BCUT2D eigenvalue weighted by atomic mass is 9.96. The predicted molar refractivity (Wildman–Crippen MR) is 159 cm³/mol. The number of likely N-dealkylation sites (N-methyl/N-ethyl adjacent to an activating group) is 1. The van der Waals surface area contributed by atoms with Crippen molar-refractivity contribution in [1.29, 1.82) is 5.26 Å². The lowest BCUT2D eigenvalue weighted by Crippen LogP contribution is -2.38. The van der Waals surface area contributed by atoms with Crippen molar-refractivity contribution in [3.05, 3.63) is 58.2 Å². The average Bonchev–Trinajstić information content (AvgIpc) is 3.21. The Labute approximate surface area is 247 Å². The average molecular weight is 609 g/mol. The quantitative estimate of drug-likeness (QED) is 0.239. The minimum absolute atomic E-state index is 0.0305. The van der Waals surface area contributed by atoms with Gasteiger partial charge in [0.15, 0.2) is 11.6 Å². The molecule has 1 atom stereocenters. The fourth-order valence-electron chi connectivity index (χ4n) is 5.36. The van der Waals surface area contributed by atoms with Gasteiger partial charge in [-0.3, -0.25) is 0 Å². The first-order valence-corrected chi connectivity index (χ1v) is 13.9. The minimum Gasteiger partial charge on any atom is -0.489 e. The van der Waals surface area contributed by atoms with Crippen LogP contribution in [0.1, 0.15) is 17.2 Å². The molecule has 0 fully saturated rings. The lowest BCUT2D eigenvalue weighted by molar-refractivity contribution is 0.326. The molecule has 0 spiro atoms. The summed E-state index contributed by atoms with van der Waals surface area (Å²) in [6.45, 7) is 0.905. The van der Waals surface area contributed by atoms with Gasteiger partial charge in [-0.25, -0.2) is 13.8 Å². The van der Waals surface area contributed by atoms with Gasteiger partial charge in [0, 0.05) is 29.3 Å². The molecule has 0 bridgehead atoms. The van der Waals surface area contributed by atoms with E-state index in [0.29, 0.717) is 24.7 Å². The Morgan fingerprint density at radius 2 is 2.07 bits per heavy atom. The van der Waals surface area contributed by atoms with Gasteiger partial charge in [0.05, 0.1) is 40.4 Å². The molecule has 214 valence electrons. The number of nitrogen functional groups attached to an aromatic ring is 2. The van der Waals surface area contributed by atoms with Crippen LogP contribution < -0.4 is 31.2 Å². The third kappa shape index (κ3) is 4.18. The Bertz CT molecular complexity index is 1930. The highest BCUT2D eigenvalue weighted by Gasteiger charge is 2.34. The predicted octanol–water partition coefficient (Wildman–Crippen LogP) is 5.04. The van der Waals surface area contributed by atoms with Gasteiger partial charge in [0.25, 0.3) is 0 Å². The number of aromatic nitrogens is 3. The normalized spacial score (nSPS) is 13.6. The monoisotopic (exact) mass is 608 g/mol. The van der Waals surface area contributed by atoms with Crippen molar-refractivity contribution in [3.63, 3.8) is 0 Å². The van der Waals surface area contributed by atoms with Gasteiger partial charge in [0.1, 0.15) is 40.6 Å². The second-order valence-corrected chi connectivity index (χ2v) is 10.9. The molecule has 10 nitrogen and oxygen atoms in total. The number of nitriles is 1. The van der Waals surface area contributed by atoms with Gasteiger partial charge in [-0.2, -0.15) is 15.2 Å². The van der Waals surface area contributed by atoms with Crippen molar-refractivity contribution in [2.45, 2.75) is 6.04 Å². The Kier molecular flexibility index (Phi) is 7.05. The van der Waals surface area contributed by atoms with Crippen LogP contribution in [0.15, 0.2) is 30.5 Å². The number of benzene rings is 2. The maximum Gasteiger partial charge on any atom is 0.318 e. The number of hydrogen-bond acceptors (Lipinski definition) is 11. The van der Waals surface area contributed by atoms with Crippen LogP contribution in [0.2, 0.25) is 5.02 Å². The number of nitrogens with zero attached hydrogens (tertiary/aromatic N) is 5. The molecule has 6 rings (SSSR count). The molecule has 0 saturated heterocycles. The SMILES string of the molecule is CNCC(c1cccnc1N)N1CCOc2c(Cl)c(-c3ccc(F)c4sc(N)c(C#N)c34)c(F)c3nc(OC)nc1c23. The minimum atomic E-state index is -0.821. The van der Waals surface area contributed by atoms with E-state index in [2.05, 4.69) is 20.3 Å². The lowest BCUT2D eigenvalue weighted by Gasteiger charge is -2.32. The molecule has 0 amide bonds. The zero-order chi connectivity index (χ0) is 29.7. The molecule has 1 aliphatic rings. The van der Waals surface area contributed by atoms with Crippen LogP contribution in [0.25, 0.3) is 32.1 Å². The van der Waals surface area contributed by atoms with E-state index < -0.39 is 11.6 Å². The molecule has 1 aliphatic heterocycles. The standard InChI is InChI=1S/C28H23ClF2N8O2S/c1-35-11-16(12-4-3-7-36-25(12)33)39-8-9-41-23-19-22(37-28(40-2)38-27(19)39)21(31)18(20(23)29)13-5-6-15(30)24-17(13)14(10-32)26(34)42-24/h3-7,16,35H,8-9,11,34H2,1-2H3,(H2,33,36). The maximum atomic E-state index is 16.8. The Morgan fingerprint density at radius 3 is 2.79 bits per heavy atom. The van der Waals surface area contributed by atoms with E-state index in [4.69, 9.17) is 32.5 Å². The van der Waals surface area contributed by atoms with Crippen LogP contribution in [-0.4, -0.2) is 48.8 Å². The number of pyridine rings is 1. The van der Waals surface area contributed by atoms with Crippen LogP contribution in [0.5, 0.6) is 11.8 Å². The number of nitrogens with two attached hydrogens (primary N) is 2. The summed E-state index contributed by atoms with van der Waals surface area (Å²) in [5.41, 5.74) is 13.0. The molecular formula is C28H23ClF2N8O2S. The van der Waals surface area contributed by atoms with Crippen molar-refractivity contribution in [2.75, 3.05) is 50.2 Å². The fraction of sp³-hybridized carbons (Fsp3) is 0.214. The van der Waals surface area contributed by atoms with Crippen LogP contribution in [0.3, 0.4) is 0 Å². The largest absolute Gasteiger partial charge is 0.489 e. The summed E-state index contributed by atoms with van der Waals surface area (Å²) >= 11 is 7.84. The van der Waals surface area contributed by atoms with Crippen molar-refractivity contribution in [2.24, 2.45) is 0 Å². The van der Waals surface area contributed by atoms with Gasteiger partial charge < -0.3 is 31.2 Å². The number of halogens is 3. The van der Waals surface area contributed by atoms with Crippen molar-refractivity contribution >= 4 is 60.6 Å². The number of methoxy groups -OCH3 is 1. The molecule has 2 aromatic carbocycles. The van der Waals surface area contributed by atoms with Gasteiger partial charge in [0.2, 0.25) is 0 Å². The number of fused-ring (bicyclic) bond motifs is 1. The summed E-state index contributed by atoms with van der Waals surface area (Å²) in [5.74, 6) is -0.611. The molecule has 1 unspecified atom stereocenters.